The van der Waals surface area contributed by atoms with Crippen molar-refractivity contribution in [2.24, 2.45) is 0 Å². The van der Waals surface area contributed by atoms with E-state index in [0.717, 1.165) is 4.88 Å². The Kier molecular flexibility index (Phi) is 5.67. The van der Waals surface area contributed by atoms with Crippen LogP contribution in [-0.2, 0) is 11.3 Å². The molecule has 1 amide bonds. The first kappa shape index (κ1) is 16.6. The van der Waals surface area contributed by atoms with E-state index >= 15 is 0 Å². The number of carbonyl (C=O) groups is 2. The van der Waals surface area contributed by atoms with Gasteiger partial charge in [-0.15, -0.1) is 16.4 Å². The van der Waals surface area contributed by atoms with Crippen molar-refractivity contribution in [1.29, 1.82) is 0 Å². The van der Waals surface area contributed by atoms with Crippen molar-refractivity contribution < 1.29 is 9.59 Å². The van der Waals surface area contributed by atoms with Crippen LogP contribution in [-0.4, -0.2) is 37.7 Å². The minimum Gasteiger partial charge on any atom is -0.351 e. The van der Waals surface area contributed by atoms with Crippen molar-refractivity contribution in [3.63, 3.8) is 0 Å². The second kappa shape index (κ2) is 7.50. The molecule has 2 heterocycles. The molecule has 0 aliphatic heterocycles. The van der Waals surface area contributed by atoms with Gasteiger partial charge in [0, 0.05) is 11.8 Å². The average molecular weight is 339 g/mol. The van der Waals surface area contributed by atoms with Crippen LogP contribution >= 0.6 is 23.1 Å². The molecule has 0 aromatic carbocycles. The number of hydrogen-bond donors (Lipinski definition) is 1. The maximum Gasteiger partial charge on any atom is 0.217 e. The number of hydrogen-bond acceptors (Lipinski definition) is 7. The van der Waals surface area contributed by atoms with Gasteiger partial charge < -0.3 is 5.32 Å². The summed E-state index contributed by atoms with van der Waals surface area (Å²) in [6.07, 6.45) is 0. The molecule has 0 bridgehead atoms. The maximum absolute atomic E-state index is 12.2. The van der Waals surface area contributed by atoms with E-state index in [1.54, 1.807) is 10.7 Å². The molecule has 1 N–H and O–H groups in total. The van der Waals surface area contributed by atoms with Crippen LogP contribution in [0.5, 0.6) is 0 Å². The third kappa shape index (κ3) is 4.38. The molecule has 2 aromatic rings. The lowest BCUT2D eigenvalue weighted by Crippen LogP contribution is -2.18. The summed E-state index contributed by atoms with van der Waals surface area (Å²) in [5.41, 5.74) is 0. The van der Waals surface area contributed by atoms with Crippen molar-refractivity contribution in [3.05, 3.63) is 21.9 Å². The molecule has 118 valence electrons. The molecule has 0 unspecified atom stereocenters. The van der Waals surface area contributed by atoms with Gasteiger partial charge in [0.15, 0.2) is 5.78 Å². The van der Waals surface area contributed by atoms with Gasteiger partial charge in [-0.3, -0.25) is 9.59 Å². The first-order valence-electron chi connectivity index (χ1n) is 6.74. The average Bonchev–Trinajstić information content (AvgIpc) is 3.11. The van der Waals surface area contributed by atoms with E-state index in [4.69, 9.17) is 0 Å². The maximum atomic E-state index is 12.2. The molecule has 0 spiro atoms. The van der Waals surface area contributed by atoms with Crippen LogP contribution in [0.4, 0.5) is 0 Å². The zero-order valence-corrected chi connectivity index (χ0v) is 14.2. The molecule has 22 heavy (non-hydrogen) atoms. The van der Waals surface area contributed by atoms with Crippen LogP contribution in [0.1, 0.15) is 41.4 Å². The zero-order valence-electron chi connectivity index (χ0n) is 12.6. The predicted molar refractivity (Wildman–Crippen MR) is 85.1 cm³/mol. The van der Waals surface area contributed by atoms with E-state index in [1.165, 1.54) is 30.0 Å². The summed E-state index contributed by atoms with van der Waals surface area (Å²) in [6.45, 7) is 5.88. The molecule has 0 saturated heterocycles. The smallest absolute Gasteiger partial charge is 0.217 e. The van der Waals surface area contributed by atoms with Crippen molar-refractivity contribution in [2.45, 2.75) is 38.5 Å². The fourth-order valence-electron chi connectivity index (χ4n) is 1.64. The molecule has 0 radical (unpaired) electrons. The van der Waals surface area contributed by atoms with Gasteiger partial charge in [0.1, 0.15) is 0 Å². The number of amides is 1. The number of nitrogens with zero attached hydrogens (tertiary/aromatic N) is 4. The highest BCUT2D eigenvalue weighted by Crippen LogP contribution is 2.22. The Labute approximate surface area is 136 Å². The molecule has 0 aliphatic rings. The van der Waals surface area contributed by atoms with E-state index < -0.39 is 0 Å². The van der Waals surface area contributed by atoms with Crippen LogP contribution in [0.15, 0.2) is 17.3 Å². The summed E-state index contributed by atoms with van der Waals surface area (Å²) >= 11 is 2.72. The van der Waals surface area contributed by atoms with Crippen LogP contribution in [0.2, 0.25) is 0 Å². The summed E-state index contributed by atoms with van der Waals surface area (Å²) < 4.78 is 1.69. The largest absolute Gasteiger partial charge is 0.351 e. The second-order valence-electron chi connectivity index (χ2n) is 4.89. The van der Waals surface area contributed by atoms with E-state index in [9.17, 15) is 9.59 Å². The number of carbonyl (C=O) groups excluding carboxylic acids is 2. The summed E-state index contributed by atoms with van der Waals surface area (Å²) in [4.78, 5) is 24.7. The van der Waals surface area contributed by atoms with Crippen molar-refractivity contribution in [2.75, 3.05) is 5.75 Å². The highest BCUT2D eigenvalue weighted by molar-refractivity contribution is 7.99. The van der Waals surface area contributed by atoms with Crippen LogP contribution in [0.25, 0.3) is 0 Å². The Morgan fingerprint density at radius 3 is 2.86 bits per heavy atom. The lowest BCUT2D eigenvalue weighted by atomic mass is 10.3. The Balaban J connectivity index is 1.92. The van der Waals surface area contributed by atoms with Gasteiger partial charge in [-0.05, 0) is 36.4 Å². The molecule has 7 nitrogen and oxygen atoms in total. The van der Waals surface area contributed by atoms with Gasteiger partial charge in [-0.2, -0.15) is 0 Å². The molecule has 2 rings (SSSR count). The number of nitrogens with one attached hydrogen (secondary N) is 1. The topological polar surface area (TPSA) is 89.8 Å². The second-order valence-corrected chi connectivity index (χ2v) is 7.00. The number of thiophene rings is 1. The van der Waals surface area contributed by atoms with E-state index in [-0.39, 0.29) is 23.5 Å². The summed E-state index contributed by atoms with van der Waals surface area (Å²) in [5, 5.41) is 14.8. The number of Topliss-reactive ketones (excluding diaryl/α,β-unsaturated/α-hetero) is 1. The first-order chi connectivity index (χ1) is 10.5. The third-order valence-electron chi connectivity index (χ3n) is 2.73. The van der Waals surface area contributed by atoms with Crippen LogP contribution < -0.4 is 5.32 Å². The van der Waals surface area contributed by atoms with Crippen LogP contribution in [0, 0.1) is 0 Å². The third-order valence-corrected chi connectivity index (χ3v) is 4.79. The molecule has 2 aromatic heterocycles. The molecule has 0 fully saturated rings. The van der Waals surface area contributed by atoms with Crippen molar-refractivity contribution in [3.8, 4) is 0 Å². The molecule has 0 atom stereocenters. The molecule has 0 saturated carbocycles. The minimum atomic E-state index is -0.0858. The highest BCUT2D eigenvalue weighted by atomic mass is 32.2. The molecule has 9 heteroatoms. The van der Waals surface area contributed by atoms with E-state index in [2.05, 4.69) is 20.8 Å². The lowest BCUT2D eigenvalue weighted by Gasteiger charge is -2.06. The number of thioether (sulfide) groups is 1. The lowest BCUT2D eigenvalue weighted by molar-refractivity contribution is -0.119. The summed E-state index contributed by atoms with van der Waals surface area (Å²) in [5.74, 6) is 0.229. The number of tetrazole rings is 1. The first-order valence-corrected chi connectivity index (χ1v) is 8.54. The molecule has 0 aliphatic carbocycles. The quantitative estimate of drug-likeness (QED) is 0.612. The zero-order chi connectivity index (χ0) is 16.1. The number of ketones is 1. The van der Waals surface area contributed by atoms with E-state index in [1.807, 2.05) is 19.9 Å². The van der Waals surface area contributed by atoms with Gasteiger partial charge >= 0.3 is 0 Å². The predicted octanol–water partition coefficient (Wildman–Crippen LogP) is 1.93. The monoisotopic (exact) mass is 339 g/mol. The van der Waals surface area contributed by atoms with Crippen LogP contribution in [0.3, 0.4) is 0 Å². The molecular formula is C13H17N5O2S2. The standard InChI is InChI=1S/C13H17N5O2S2/c1-8(2)18-13(15-16-17-18)21-7-11(20)12-5-4-10(22-12)6-14-9(3)19/h4-5,8H,6-7H2,1-3H3,(H,14,19). The van der Waals surface area contributed by atoms with Gasteiger partial charge in [0.25, 0.3) is 0 Å². The van der Waals surface area contributed by atoms with Crippen molar-refractivity contribution >= 4 is 34.8 Å². The summed E-state index contributed by atoms with van der Waals surface area (Å²) in [6, 6.07) is 3.80. The van der Waals surface area contributed by atoms with Gasteiger partial charge in [-0.1, -0.05) is 11.8 Å². The normalized spacial score (nSPS) is 10.9. The van der Waals surface area contributed by atoms with Gasteiger partial charge in [-0.25, -0.2) is 4.68 Å². The Morgan fingerprint density at radius 1 is 1.41 bits per heavy atom. The number of aromatic nitrogens is 4. The van der Waals surface area contributed by atoms with Crippen molar-refractivity contribution in [1.82, 2.24) is 25.5 Å². The van der Waals surface area contributed by atoms with E-state index in [0.29, 0.717) is 16.6 Å². The minimum absolute atomic E-state index is 0.0300. The summed E-state index contributed by atoms with van der Waals surface area (Å²) in [7, 11) is 0. The van der Waals surface area contributed by atoms with Gasteiger partial charge in [0.2, 0.25) is 11.1 Å². The Bertz CT molecular complexity index is 665. The fourth-order valence-corrected chi connectivity index (χ4v) is 3.51. The SMILES string of the molecule is CC(=O)NCc1ccc(C(=O)CSc2nnnn2C(C)C)s1. The van der Waals surface area contributed by atoms with Gasteiger partial charge in [0.05, 0.1) is 23.2 Å². The Morgan fingerprint density at radius 2 is 2.18 bits per heavy atom. The fraction of sp³-hybridized carbons (Fsp3) is 0.462. The molecular weight excluding hydrogens is 322 g/mol. The Hall–Kier alpha value is -1.74. The highest BCUT2D eigenvalue weighted by Gasteiger charge is 2.14. The number of rotatable bonds is 7.